The Morgan fingerprint density at radius 2 is 1.86 bits per heavy atom. The molecule has 0 spiro atoms. The van der Waals surface area contributed by atoms with Gasteiger partial charge in [0.05, 0.1) is 5.88 Å². The standard InChI is InChI=1S/C16H13ClFN3/c17-9-15-19-20-16(21(15)10-5-6-10)13-7-8-14(18)12-4-2-1-3-11(12)13/h1-4,7-8,10H,5-6,9H2. The van der Waals surface area contributed by atoms with Gasteiger partial charge in [0, 0.05) is 17.0 Å². The first-order valence-corrected chi connectivity index (χ1v) is 7.50. The SMILES string of the molecule is Fc1ccc(-c2nnc(CCl)n2C2CC2)c2ccccc12. The average Bonchev–Trinajstić information content (AvgIpc) is 3.27. The molecule has 2 aromatic carbocycles. The van der Waals surface area contributed by atoms with E-state index >= 15 is 0 Å². The summed E-state index contributed by atoms with van der Waals surface area (Å²) in [4.78, 5) is 0. The average molecular weight is 302 g/mol. The molecule has 3 aromatic rings. The second-order valence-corrected chi connectivity index (χ2v) is 5.58. The highest BCUT2D eigenvalue weighted by molar-refractivity contribution is 6.16. The van der Waals surface area contributed by atoms with Crippen molar-refractivity contribution in [2.45, 2.75) is 24.8 Å². The molecule has 1 fully saturated rings. The summed E-state index contributed by atoms with van der Waals surface area (Å²) in [5.74, 6) is 1.68. The van der Waals surface area contributed by atoms with Crippen molar-refractivity contribution in [1.29, 1.82) is 0 Å². The Bertz CT molecular complexity index is 824. The molecule has 0 saturated heterocycles. The van der Waals surface area contributed by atoms with Crippen LogP contribution in [0.1, 0.15) is 24.7 Å². The second kappa shape index (κ2) is 4.81. The van der Waals surface area contributed by atoms with E-state index in [1.165, 1.54) is 6.07 Å². The van der Waals surface area contributed by atoms with Crippen molar-refractivity contribution < 1.29 is 4.39 Å². The van der Waals surface area contributed by atoms with E-state index in [4.69, 9.17) is 11.6 Å². The smallest absolute Gasteiger partial charge is 0.164 e. The van der Waals surface area contributed by atoms with Crippen molar-refractivity contribution in [2.75, 3.05) is 0 Å². The maximum Gasteiger partial charge on any atom is 0.164 e. The number of aromatic nitrogens is 3. The van der Waals surface area contributed by atoms with Gasteiger partial charge in [-0.2, -0.15) is 0 Å². The van der Waals surface area contributed by atoms with E-state index in [9.17, 15) is 4.39 Å². The number of rotatable bonds is 3. The van der Waals surface area contributed by atoms with Crippen LogP contribution in [0.4, 0.5) is 4.39 Å². The third-order valence-electron chi connectivity index (χ3n) is 3.91. The molecule has 5 heteroatoms. The first kappa shape index (κ1) is 12.8. The van der Waals surface area contributed by atoms with Gasteiger partial charge >= 0.3 is 0 Å². The topological polar surface area (TPSA) is 30.7 Å². The first-order chi connectivity index (χ1) is 10.3. The van der Waals surface area contributed by atoms with Gasteiger partial charge in [-0.3, -0.25) is 0 Å². The van der Waals surface area contributed by atoms with Crippen LogP contribution in [0, 0.1) is 5.82 Å². The van der Waals surface area contributed by atoms with Gasteiger partial charge in [0.25, 0.3) is 0 Å². The molecular formula is C16H13ClFN3. The largest absolute Gasteiger partial charge is 0.307 e. The Balaban J connectivity index is 1.99. The molecule has 1 saturated carbocycles. The minimum atomic E-state index is -0.218. The monoisotopic (exact) mass is 301 g/mol. The number of hydrogen-bond acceptors (Lipinski definition) is 2. The van der Waals surface area contributed by atoms with Crippen molar-refractivity contribution in [3.05, 3.63) is 48.0 Å². The Kier molecular flexibility index (Phi) is 2.93. The molecule has 3 nitrogen and oxygen atoms in total. The molecule has 1 aromatic heterocycles. The summed E-state index contributed by atoms with van der Waals surface area (Å²) >= 11 is 5.96. The zero-order chi connectivity index (χ0) is 14.4. The van der Waals surface area contributed by atoms with E-state index in [0.29, 0.717) is 17.3 Å². The predicted molar refractivity (Wildman–Crippen MR) is 80.8 cm³/mol. The molecule has 0 bridgehead atoms. The zero-order valence-electron chi connectivity index (χ0n) is 11.3. The highest BCUT2D eigenvalue weighted by atomic mass is 35.5. The number of hydrogen-bond donors (Lipinski definition) is 0. The van der Waals surface area contributed by atoms with Gasteiger partial charge in [-0.15, -0.1) is 21.8 Å². The van der Waals surface area contributed by atoms with Crippen molar-refractivity contribution in [2.24, 2.45) is 0 Å². The van der Waals surface area contributed by atoms with Crippen molar-refractivity contribution >= 4 is 22.4 Å². The van der Waals surface area contributed by atoms with Crippen LogP contribution in [0.5, 0.6) is 0 Å². The molecule has 0 radical (unpaired) electrons. The van der Waals surface area contributed by atoms with E-state index in [-0.39, 0.29) is 5.82 Å². The van der Waals surface area contributed by atoms with Crippen LogP contribution in [-0.2, 0) is 5.88 Å². The van der Waals surface area contributed by atoms with E-state index < -0.39 is 0 Å². The summed E-state index contributed by atoms with van der Waals surface area (Å²) in [5.41, 5.74) is 0.905. The van der Waals surface area contributed by atoms with Crippen LogP contribution in [0.3, 0.4) is 0 Å². The number of alkyl halides is 1. The normalized spacial score (nSPS) is 14.8. The Labute approximate surface area is 126 Å². The Hall–Kier alpha value is -1.94. The molecular weight excluding hydrogens is 289 g/mol. The van der Waals surface area contributed by atoms with Crippen molar-refractivity contribution in [1.82, 2.24) is 14.8 Å². The summed E-state index contributed by atoms with van der Waals surface area (Å²) in [6.07, 6.45) is 2.24. The van der Waals surface area contributed by atoms with Crippen LogP contribution in [0.25, 0.3) is 22.2 Å². The number of benzene rings is 2. The van der Waals surface area contributed by atoms with Crippen LogP contribution in [0.2, 0.25) is 0 Å². The van der Waals surface area contributed by atoms with Gasteiger partial charge in [0.2, 0.25) is 0 Å². The van der Waals surface area contributed by atoms with Gasteiger partial charge in [0.15, 0.2) is 5.82 Å². The van der Waals surface area contributed by atoms with Crippen molar-refractivity contribution in [3.8, 4) is 11.4 Å². The van der Waals surface area contributed by atoms with E-state index in [1.54, 1.807) is 12.1 Å². The molecule has 0 N–H and O–H groups in total. The van der Waals surface area contributed by atoms with Crippen molar-refractivity contribution in [3.63, 3.8) is 0 Å². The van der Waals surface area contributed by atoms with Crippen LogP contribution in [0.15, 0.2) is 36.4 Å². The predicted octanol–water partition coefficient (Wildman–Crippen LogP) is 4.31. The zero-order valence-corrected chi connectivity index (χ0v) is 12.0. The highest BCUT2D eigenvalue weighted by Gasteiger charge is 2.30. The Morgan fingerprint density at radius 1 is 1.10 bits per heavy atom. The van der Waals surface area contributed by atoms with E-state index in [0.717, 1.165) is 35.4 Å². The van der Waals surface area contributed by atoms with Crippen LogP contribution < -0.4 is 0 Å². The van der Waals surface area contributed by atoms with Crippen LogP contribution in [-0.4, -0.2) is 14.8 Å². The molecule has 1 aliphatic carbocycles. The molecule has 21 heavy (non-hydrogen) atoms. The molecule has 106 valence electrons. The molecule has 0 unspecified atom stereocenters. The van der Waals surface area contributed by atoms with E-state index in [1.807, 2.05) is 18.2 Å². The molecule has 1 heterocycles. The lowest BCUT2D eigenvalue weighted by Crippen LogP contribution is -2.02. The Morgan fingerprint density at radius 3 is 2.57 bits per heavy atom. The molecule has 0 aliphatic heterocycles. The van der Waals surface area contributed by atoms with E-state index in [2.05, 4.69) is 14.8 Å². The minimum Gasteiger partial charge on any atom is -0.307 e. The number of halogens is 2. The lowest BCUT2D eigenvalue weighted by atomic mass is 10.0. The minimum absolute atomic E-state index is 0.218. The summed E-state index contributed by atoms with van der Waals surface area (Å²) < 4.78 is 16.1. The van der Waals surface area contributed by atoms with Gasteiger partial charge in [-0.05, 0) is 30.4 Å². The number of fused-ring (bicyclic) bond motifs is 1. The quantitative estimate of drug-likeness (QED) is 0.675. The molecule has 4 rings (SSSR count). The highest BCUT2D eigenvalue weighted by Crippen LogP contribution is 2.40. The van der Waals surface area contributed by atoms with Gasteiger partial charge < -0.3 is 4.57 Å². The third kappa shape index (κ3) is 2.02. The summed E-state index contributed by atoms with van der Waals surface area (Å²) in [6.45, 7) is 0. The summed E-state index contributed by atoms with van der Waals surface area (Å²) in [6, 6.07) is 11.1. The van der Waals surface area contributed by atoms with Gasteiger partial charge in [-0.1, -0.05) is 24.3 Å². The van der Waals surface area contributed by atoms with Gasteiger partial charge in [-0.25, -0.2) is 4.39 Å². The van der Waals surface area contributed by atoms with Crippen LogP contribution >= 0.6 is 11.6 Å². The fraction of sp³-hybridized carbons (Fsp3) is 0.250. The number of nitrogens with zero attached hydrogens (tertiary/aromatic N) is 3. The molecule has 1 aliphatic rings. The lowest BCUT2D eigenvalue weighted by Gasteiger charge is -2.10. The summed E-state index contributed by atoms with van der Waals surface area (Å²) in [7, 11) is 0. The molecule has 0 amide bonds. The maximum absolute atomic E-state index is 14.0. The first-order valence-electron chi connectivity index (χ1n) is 6.97. The molecule has 0 atom stereocenters. The second-order valence-electron chi connectivity index (χ2n) is 5.32. The maximum atomic E-state index is 14.0. The third-order valence-corrected chi connectivity index (χ3v) is 4.15. The fourth-order valence-electron chi connectivity index (χ4n) is 2.77. The summed E-state index contributed by atoms with van der Waals surface area (Å²) in [5, 5.41) is 9.95. The fourth-order valence-corrected chi connectivity index (χ4v) is 2.95. The lowest BCUT2D eigenvalue weighted by molar-refractivity contribution is 0.640. The van der Waals surface area contributed by atoms with Gasteiger partial charge in [0.1, 0.15) is 11.6 Å².